The van der Waals surface area contributed by atoms with E-state index in [1.165, 1.54) is 30.2 Å². The third kappa shape index (κ3) is 4.92. The first-order chi connectivity index (χ1) is 14.4. The summed E-state index contributed by atoms with van der Waals surface area (Å²) in [6.07, 6.45) is -9.20. The van der Waals surface area contributed by atoms with Gasteiger partial charge in [-0.05, 0) is 42.8 Å². The van der Waals surface area contributed by atoms with Crippen LogP contribution in [0.2, 0.25) is 0 Å². The van der Waals surface area contributed by atoms with E-state index < -0.39 is 35.0 Å². The van der Waals surface area contributed by atoms with Crippen LogP contribution in [0.1, 0.15) is 34.3 Å². The van der Waals surface area contributed by atoms with Crippen molar-refractivity contribution in [3.63, 3.8) is 0 Å². The van der Waals surface area contributed by atoms with Gasteiger partial charge in [-0.15, -0.1) is 0 Å². The van der Waals surface area contributed by atoms with Gasteiger partial charge in [0.25, 0.3) is 5.91 Å². The fraction of sp³-hybridized carbons (Fsp3) is 0.300. The molecule has 0 aliphatic carbocycles. The minimum absolute atomic E-state index is 0.0543. The van der Waals surface area contributed by atoms with E-state index in [0.717, 1.165) is 0 Å². The zero-order chi connectivity index (χ0) is 23.0. The number of nitrogens with one attached hydrogen (secondary N) is 1. The Balaban J connectivity index is 1.95. The summed E-state index contributed by atoms with van der Waals surface area (Å²) in [5.41, 5.74) is -3.58. The second-order valence-corrected chi connectivity index (χ2v) is 6.78. The van der Waals surface area contributed by atoms with E-state index in [1.807, 2.05) is 0 Å². The van der Waals surface area contributed by atoms with Gasteiger partial charge in [0.05, 0.1) is 23.9 Å². The summed E-state index contributed by atoms with van der Waals surface area (Å²) >= 11 is 0. The Labute approximate surface area is 172 Å². The van der Waals surface area contributed by atoms with E-state index in [0.29, 0.717) is 43.0 Å². The molecule has 5 nitrogen and oxygen atoms in total. The van der Waals surface area contributed by atoms with Crippen LogP contribution in [0.5, 0.6) is 5.75 Å². The summed E-state index contributed by atoms with van der Waals surface area (Å²) in [5.74, 6) is -1.01. The molecule has 1 saturated heterocycles. The normalized spacial score (nSPS) is 14.7. The fourth-order valence-electron chi connectivity index (χ4n) is 3.17. The summed E-state index contributed by atoms with van der Waals surface area (Å²) in [6.45, 7) is 0.412. The van der Waals surface area contributed by atoms with Crippen LogP contribution in [0.25, 0.3) is 0 Å². The third-order valence-electron chi connectivity index (χ3n) is 4.65. The molecule has 2 aromatic carbocycles. The SMILES string of the molecule is COc1ccc(NC(=O)c2cc(C(F)(F)F)cc(C(F)(F)F)c2)cc1N1CCCC1=O. The average molecular weight is 446 g/mol. The number of amides is 2. The molecule has 1 fully saturated rings. The predicted octanol–water partition coefficient (Wildman–Crippen LogP) is 5.11. The van der Waals surface area contributed by atoms with E-state index in [2.05, 4.69) is 5.32 Å². The number of anilines is 2. The van der Waals surface area contributed by atoms with Crippen molar-refractivity contribution >= 4 is 23.2 Å². The first-order valence-electron chi connectivity index (χ1n) is 8.99. The van der Waals surface area contributed by atoms with Crippen molar-refractivity contribution in [3.8, 4) is 5.75 Å². The first kappa shape index (κ1) is 22.4. The molecule has 166 valence electrons. The van der Waals surface area contributed by atoms with E-state index >= 15 is 0 Å². The highest BCUT2D eigenvalue weighted by Crippen LogP contribution is 2.37. The average Bonchev–Trinajstić information content (AvgIpc) is 3.12. The van der Waals surface area contributed by atoms with Crippen LogP contribution in [0.3, 0.4) is 0 Å². The molecule has 0 bridgehead atoms. The van der Waals surface area contributed by atoms with Crippen LogP contribution in [-0.2, 0) is 17.1 Å². The summed E-state index contributed by atoms with van der Waals surface area (Å²) < 4.78 is 83.3. The summed E-state index contributed by atoms with van der Waals surface area (Å²) in [6, 6.07) is 4.81. The summed E-state index contributed by atoms with van der Waals surface area (Å²) in [7, 11) is 1.37. The molecule has 0 saturated carbocycles. The third-order valence-corrected chi connectivity index (χ3v) is 4.65. The monoisotopic (exact) mass is 446 g/mol. The van der Waals surface area contributed by atoms with Crippen molar-refractivity contribution in [2.45, 2.75) is 25.2 Å². The molecule has 1 aliphatic rings. The molecule has 0 atom stereocenters. The van der Waals surface area contributed by atoms with Crippen molar-refractivity contribution in [3.05, 3.63) is 53.1 Å². The van der Waals surface area contributed by atoms with Gasteiger partial charge in [-0.25, -0.2) is 0 Å². The van der Waals surface area contributed by atoms with Gasteiger partial charge >= 0.3 is 12.4 Å². The number of nitrogens with zero attached hydrogens (tertiary/aromatic N) is 1. The number of rotatable bonds is 4. The molecule has 0 aromatic heterocycles. The Morgan fingerprint density at radius 2 is 1.61 bits per heavy atom. The Kier molecular flexibility index (Phi) is 5.88. The Morgan fingerprint density at radius 1 is 1.00 bits per heavy atom. The van der Waals surface area contributed by atoms with Gasteiger partial charge in [-0.1, -0.05) is 0 Å². The second kappa shape index (κ2) is 8.12. The maximum Gasteiger partial charge on any atom is 0.416 e. The number of methoxy groups -OCH3 is 1. The van der Waals surface area contributed by atoms with Gasteiger partial charge in [0.15, 0.2) is 0 Å². The number of hydrogen-bond acceptors (Lipinski definition) is 3. The van der Waals surface area contributed by atoms with Crippen molar-refractivity contribution in [1.29, 1.82) is 0 Å². The zero-order valence-electron chi connectivity index (χ0n) is 16.0. The van der Waals surface area contributed by atoms with E-state index in [4.69, 9.17) is 4.74 Å². The lowest BCUT2D eigenvalue weighted by molar-refractivity contribution is -0.143. The number of carbonyl (C=O) groups excluding carboxylic acids is 2. The maximum atomic E-state index is 13.0. The van der Waals surface area contributed by atoms with Crippen molar-refractivity contribution in [2.24, 2.45) is 0 Å². The molecule has 0 radical (unpaired) electrons. The highest BCUT2D eigenvalue weighted by Gasteiger charge is 2.37. The fourth-order valence-corrected chi connectivity index (χ4v) is 3.17. The molecule has 3 rings (SSSR count). The van der Waals surface area contributed by atoms with E-state index in [-0.39, 0.29) is 17.7 Å². The van der Waals surface area contributed by atoms with Crippen LogP contribution >= 0.6 is 0 Å². The number of halogens is 6. The summed E-state index contributed by atoms with van der Waals surface area (Å²) in [5, 5.41) is 2.28. The zero-order valence-corrected chi connectivity index (χ0v) is 16.0. The van der Waals surface area contributed by atoms with Crippen molar-refractivity contribution < 1.29 is 40.7 Å². The van der Waals surface area contributed by atoms with Crippen LogP contribution in [-0.4, -0.2) is 25.5 Å². The Morgan fingerprint density at radius 3 is 2.10 bits per heavy atom. The minimum atomic E-state index is -5.07. The molecule has 11 heteroatoms. The predicted molar refractivity (Wildman–Crippen MR) is 99.0 cm³/mol. The topological polar surface area (TPSA) is 58.6 Å². The lowest BCUT2D eigenvalue weighted by Gasteiger charge is -2.20. The number of carbonyl (C=O) groups is 2. The number of hydrogen-bond donors (Lipinski definition) is 1. The molecule has 31 heavy (non-hydrogen) atoms. The van der Waals surface area contributed by atoms with Crippen molar-refractivity contribution in [2.75, 3.05) is 23.9 Å². The smallest absolute Gasteiger partial charge is 0.416 e. The molecular formula is C20H16F6N2O3. The van der Waals surface area contributed by atoms with Gasteiger partial charge in [0.1, 0.15) is 5.75 Å². The Bertz CT molecular complexity index is 985. The Hall–Kier alpha value is -3.24. The van der Waals surface area contributed by atoms with Gasteiger partial charge in [0, 0.05) is 24.2 Å². The minimum Gasteiger partial charge on any atom is -0.495 e. The molecule has 1 aliphatic heterocycles. The van der Waals surface area contributed by atoms with Crippen molar-refractivity contribution in [1.82, 2.24) is 0 Å². The number of alkyl halides is 6. The molecule has 0 spiro atoms. The molecule has 2 amide bonds. The highest BCUT2D eigenvalue weighted by atomic mass is 19.4. The molecule has 1 heterocycles. The van der Waals surface area contributed by atoms with E-state index in [1.54, 1.807) is 0 Å². The van der Waals surface area contributed by atoms with Crippen LogP contribution in [0, 0.1) is 0 Å². The van der Waals surface area contributed by atoms with Crippen LogP contribution < -0.4 is 15.0 Å². The van der Waals surface area contributed by atoms with Gasteiger partial charge in [0.2, 0.25) is 5.91 Å². The number of benzene rings is 2. The largest absolute Gasteiger partial charge is 0.495 e. The molecule has 2 aromatic rings. The first-order valence-corrected chi connectivity index (χ1v) is 8.99. The van der Waals surface area contributed by atoms with Gasteiger partial charge in [-0.3, -0.25) is 9.59 Å². The van der Waals surface area contributed by atoms with Crippen LogP contribution in [0.4, 0.5) is 37.7 Å². The molecular weight excluding hydrogens is 430 g/mol. The highest BCUT2D eigenvalue weighted by molar-refractivity contribution is 6.05. The second-order valence-electron chi connectivity index (χ2n) is 6.78. The standard InChI is InChI=1S/C20H16F6N2O3/c1-31-16-5-4-14(10-15(16)28-6-2-3-17(28)29)27-18(30)11-7-12(19(21,22)23)9-13(8-11)20(24,25)26/h4-5,7-10H,2-3,6H2,1H3,(H,27,30). The van der Waals surface area contributed by atoms with Crippen LogP contribution in [0.15, 0.2) is 36.4 Å². The number of ether oxygens (including phenoxy) is 1. The maximum absolute atomic E-state index is 13.0. The molecule has 1 N–H and O–H groups in total. The summed E-state index contributed by atoms with van der Waals surface area (Å²) in [4.78, 5) is 25.9. The molecule has 0 unspecified atom stereocenters. The lowest BCUT2D eigenvalue weighted by atomic mass is 10.0. The lowest BCUT2D eigenvalue weighted by Crippen LogP contribution is -2.24. The van der Waals surface area contributed by atoms with Gasteiger partial charge in [-0.2, -0.15) is 26.3 Å². The van der Waals surface area contributed by atoms with E-state index in [9.17, 15) is 35.9 Å². The van der Waals surface area contributed by atoms with Gasteiger partial charge < -0.3 is 15.0 Å². The quantitative estimate of drug-likeness (QED) is 0.664.